The molecule has 4 heteroatoms. The Morgan fingerprint density at radius 1 is 1.46 bits per heavy atom. The maximum Gasteiger partial charge on any atom is 0.119 e. The molecule has 1 rings (SSSR count). The molecule has 0 saturated carbocycles. The highest BCUT2D eigenvalue weighted by Crippen LogP contribution is 2.27. The van der Waals surface area contributed by atoms with E-state index in [1.54, 1.807) is 6.20 Å². The van der Waals surface area contributed by atoms with E-state index >= 15 is 0 Å². The number of hydrogen-bond donors (Lipinski definition) is 0. The molecule has 1 heterocycles. The molecule has 0 amide bonds. The van der Waals surface area contributed by atoms with Crippen molar-refractivity contribution in [3.05, 3.63) is 28.5 Å². The van der Waals surface area contributed by atoms with Crippen molar-refractivity contribution in [2.24, 2.45) is 0 Å². The van der Waals surface area contributed by atoms with Crippen LogP contribution in [0.25, 0.3) is 0 Å². The smallest absolute Gasteiger partial charge is 0.119 e. The molecule has 0 N–H and O–H groups in total. The predicted molar refractivity (Wildman–Crippen MR) is 59.6 cm³/mol. The molecule has 2 nitrogen and oxygen atoms in total. The summed E-state index contributed by atoms with van der Waals surface area (Å²) in [6.45, 7) is 4.00. The van der Waals surface area contributed by atoms with Crippen LogP contribution in [0.5, 0.6) is 0 Å². The van der Waals surface area contributed by atoms with E-state index < -0.39 is 0 Å². The molecule has 0 saturated heterocycles. The van der Waals surface area contributed by atoms with Gasteiger partial charge in [0.1, 0.15) is 5.60 Å². The molecule has 0 aliphatic carbocycles. The first-order chi connectivity index (χ1) is 6.06. The van der Waals surface area contributed by atoms with Crippen molar-refractivity contribution in [2.75, 3.05) is 6.26 Å². The van der Waals surface area contributed by atoms with E-state index in [-0.39, 0.29) is 5.60 Å². The Kier molecular flexibility index (Phi) is 3.76. The van der Waals surface area contributed by atoms with Crippen LogP contribution in [0.1, 0.15) is 19.5 Å². The summed E-state index contributed by atoms with van der Waals surface area (Å²) in [6, 6.07) is 3.92. The quantitative estimate of drug-likeness (QED) is 0.780. The molecular formula is C9H12BrNOS. The summed E-state index contributed by atoms with van der Waals surface area (Å²) in [5.74, 6) is 0. The number of rotatable bonds is 3. The van der Waals surface area contributed by atoms with Gasteiger partial charge >= 0.3 is 0 Å². The lowest BCUT2D eigenvalue weighted by atomic mass is 10.1. The molecule has 0 unspecified atom stereocenters. The highest BCUT2D eigenvalue weighted by atomic mass is 79.9. The lowest BCUT2D eigenvalue weighted by Gasteiger charge is -2.22. The Labute approximate surface area is 91.4 Å². The first kappa shape index (κ1) is 11.0. The largest absolute Gasteiger partial charge is 0.303 e. The molecule has 1 aromatic rings. The molecule has 72 valence electrons. The average molecular weight is 262 g/mol. The van der Waals surface area contributed by atoms with Crippen molar-refractivity contribution in [1.29, 1.82) is 0 Å². The molecule has 1 aromatic heterocycles. The second-order valence-electron chi connectivity index (χ2n) is 3.12. The predicted octanol–water partition coefficient (Wildman–Crippen LogP) is 3.37. The number of halogens is 1. The van der Waals surface area contributed by atoms with E-state index in [9.17, 15) is 0 Å². The van der Waals surface area contributed by atoms with Gasteiger partial charge < -0.3 is 4.18 Å². The second-order valence-corrected chi connectivity index (χ2v) is 4.54. The third-order valence-corrected chi connectivity index (χ3v) is 2.69. The fraction of sp³-hybridized carbons (Fsp3) is 0.444. The maximum atomic E-state index is 5.49. The zero-order valence-corrected chi connectivity index (χ0v) is 10.3. The Morgan fingerprint density at radius 2 is 2.15 bits per heavy atom. The number of nitrogens with zero attached hydrogens (tertiary/aromatic N) is 1. The van der Waals surface area contributed by atoms with Crippen LogP contribution in [0.2, 0.25) is 0 Å². The highest BCUT2D eigenvalue weighted by Gasteiger charge is 2.22. The van der Waals surface area contributed by atoms with Gasteiger partial charge in [-0.25, -0.2) is 0 Å². The standard InChI is InChI=1S/C9H12BrNOS/c1-9(2,12-13-3)8-5-4-7(10)6-11-8/h4-6H,1-3H3. The molecule has 0 atom stereocenters. The van der Waals surface area contributed by atoms with E-state index in [1.165, 1.54) is 12.0 Å². The third-order valence-electron chi connectivity index (χ3n) is 1.64. The minimum Gasteiger partial charge on any atom is -0.303 e. The lowest BCUT2D eigenvalue weighted by molar-refractivity contribution is 0.136. The fourth-order valence-corrected chi connectivity index (χ4v) is 1.72. The van der Waals surface area contributed by atoms with E-state index in [0.717, 1.165) is 10.2 Å². The molecule has 13 heavy (non-hydrogen) atoms. The summed E-state index contributed by atoms with van der Waals surface area (Å²) in [6.07, 6.45) is 3.68. The van der Waals surface area contributed by atoms with Gasteiger partial charge in [-0.3, -0.25) is 4.98 Å². The summed E-state index contributed by atoms with van der Waals surface area (Å²) >= 11 is 4.70. The Morgan fingerprint density at radius 3 is 2.62 bits per heavy atom. The maximum absolute atomic E-state index is 5.49. The Bertz CT molecular complexity index is 273. The first-order valence-electron chi connectivity index (χ1n) is 3.90. The molecule has 0 fully saturated rings. The van der Waals surface area contributed by atoms with Gasteiger partial charge in [0.2, 0.25) is 0 Å². The van der Waals surface area contributed by atoms with E-state index in [2.05, 4.69) is 20.9 Å². The van der Waals surface area contributed by atoms with Crippen LogP contribution >= 0.6 is 28.0 Å². The van der Waals surface area contributed by atoms with Crippen molar-refractivity contribution in [2.45, 2.75) is 19.4 Å². The van der Waals surface area contributed by atoms with Gasteiger partial charge in [-0.2, -0.15) is 0 Å². The van der Waals surface area contributed by atoms with Crippen LogP contribution in [-0.4, -0.2) is 11.2 Å². The highest BCUT2D eigenvalue weighted by molar-refractivity contribution is 9.10. The average Bonchev–Trinajstić information content (AvgIpc) is 2.05. The molecule has 0 spiro atoms. The number of hydrogen-bond acceptors (Lipinski definition) is 3. The zero-order chi connectivity index (χ0) is 9.90. The topological polar surface area (TPSA) is 22.1 Å². The van der Waals surface area contributed by atoms with Gasteiger partial charge in [-0.05, 0) is 54.0 Å². The summed E-state index contributed by atoms with van der Waals surface area (Å²) in [5, 5.41) is 0. The van der Waals surface area contributed by atoms with Crippen LogP contribution in [0.4, 0.5) is 0 Å². The lowest BCUT2D eigenvalue weighted by Crippen LogP contribution is -2.19. The van der Waals surface area contributed by atoms with Crippen molar-refractivity contribution < 1.29 is 4.18 Å². The van der Waals surface area contributed by atoms with Crippen molar-refractivity contribution in [3.8, 4) is 0 Å². The summed E-state index contributed by atoms with van der Waals surface area (Å²) in [7, 11) is 0. The van der Waals surface area contributed by atoms with Crippen LogP contribution in [0, 0.1) is 0 Å². The van der Waals surface area contributed by atoms with Gasteiger partial charge in [0, 0.05) is 16.9 Å². The molecule has 0 radical (unpaired) electrons. The molecular weight excluding hydrogens is 250 g/mol. The summed E-state index contributed by atoms with van der Waals surface area (Å²) < 4.78 is 6.48. The normalized spacial score (nSPS) is 11.7. The second kappa shape index (κ2) is 4.44. The van der Waals surface area contributed by atoms with Gasteiger partial charge in [0.15, 0.2) is 0 Å². The van der Waals surface area contributed by atoms with Gasteiger partial charge in [-0.15, -0.1) is 0 Å². The monoisotopic (exact) mass is 261 g/mol. The summed E-state index contributed by atoms with van der Waals surface area (Å²) in [4.78, 5) is 4.28. The van der Waals surface area contributed by atoms with Gasteiger partial charge in [-0.1, -0.05) is 0 Å². The summed E-state index contributed by atoms with van der Waals surface area (Å²) in [5.41, 5.74) is 0.602. The first-order valence-corrected chi connectivity index (χ1v) is 5.84. The van der Waals surface area contributed by atoms with Crippen LogP contribution in [-0.2, 0) is 9.78 Å². The SMILES string of the molecule is CSOC(C)(C)c1ccc(Br)cn1. The van der Waals surface area contributed by atoms with Gasteiger partial charge in [0.05, 0.1) is 5.69 Å². The van der Waals surface area contributed by atoms with E-state index in [0.29, 0.717) is 0 Å². The minimum absolute atomic E-state index is 0.333. The van der Waals surface area contributed by atoms with Crippen LogP contribution < -0.4 is 0 Å². The fourth-order valence-electron chi connectivity index (χ4n) is 0.983. The molecule has 0 aliphatic rings. The van der Waals surface area contributed by atoms with Crippen molar-refractivity contribution in [1.82, 2.24) is 4.98 Å². The Hall–Kier alpha value is -0.0600. The van der Waals surface area contributed by atoms with Crippen molar-refractivity contribution >= 4 is 28.0 Å². The molecule has 0 aromatic carbocycles. The molecule has 0 aliphatic heterocycles. The van der Waals surface area contributed by atoms with Crippen molar-refractivity contribution in [3.63, 3.8) is 0 Å². The van der Waals surface area contributed by atoms with Gasteiger partial charge in [0.25, 0.3) is 0 Å². The van der Waals surface area contributed by atoms with E-state index in [4.69, 9.17) is 4.18 Å². The Balaban J connectivity index is 2.87. The minimum atomic E-state index is -0.333. The third kappa shape index (κ3) is 2.97. The zero-order valence-electron chi connectivity index (χ0n) is 7.87. The van der Waals surface area contributed by atoms with Crippen LogP contribution in [0.15, 0.2) is 22.8 Å². The number of aromatic nitrogens is 1. The van der Waals surface area contributed by atoms with E-state index in [1.807, 2.05) is 32.2 Å². The molecule has 0 bridgehead atoms. The number of pyridine rings is 1. The van der Waals surface area contributed by atoms with Crippen LogP contribution in [0.3, 0.4) is 0 Å².